The van der Waals surface area contributed by atoms with Gasteiger partial charge in [0.2, 0.25) is 0 Å². The summed E-state index contributed by atoms with van der Waals surface area (Å²) in [5, 5.41) is 0. The van der Waals surface area contributed by atoms with Crippen molar-refractivity contribution < 1.29 is 13.2 Å². The van der Waals surface area contributed by atoms with Crippen molar-refractivity contribution in [3.63, 3.8) is 0 Å². The number of rotatable bonds is 4. The van der Waals surface area contributed by atoms with Gasteiger partial charge in [-0.3, -0.25) is 9.80 Å². The molecule has 2 nitrogen and oxygen atoms in total. The second kappa shape index (κ2) is 6.71. The van der Waals surface area contributed by atoms with Crippen LogP contribution in [0.5, 0.6) is 0 Å². The van der Waals surface area contributed by atoms with Gasteiger partial charge in [-0.25, -0.2) is 0 Å². The van der Waals surface area contributed by atoms with E-state index in [0.717, 1.165) is 44.8 Å². The highest BCUT2D eigenvalue weighted by Crippen LogP contribution is 2.40. The van der Waals surface area contributed by atoms with E-state index in [9.17, 15) is 13.2 Å². The van der Waals surface area contributed by atoms with Crippen molar-refractivity contribution >= 4 is 0 Å². The van der Waals surface area contributed by atoms with Crippen molar-refractivity contribution in [2.45, 2.75) is 25.7 Å². The maximum Gasteiger partial charge on any atom is 0.416 e. The molecule has 0 aromatic heterocycles. The second-order valence-electron chi connectivity index (χ2n) is 7.79. The third kappa shape index (κ3) is 3.79. The van der Waals surface area contributed by atoms with Crippen molar-refractivity contribution in [3.05, 3.63) is 71.3 Å². The molecule has 2 saturated heterocycles. The Balaban J connectivity index is 1.28. The molecule has 2 heterocycles. The molecule has 0 atom stereocenters. The van der Waals surface area contributed by atoms with Crippen LogP contribution < -0.4 is 0 Å². The largest absolute Gasteiger partial charge is 0.416 e. The zero-order valence-corrected chi connectivity index (χ0v) is 14.7. The van der Waals surface area contributed by atoms with Crippen LogP contribution in [0.25, 0.3) is 0 Å². The summed E-state index contributed by atoms with van der Waals surface area (Å²) in [6, 6.07) is 16.1. The van der Waals surface area contributed by atoms with E-state index in [1.165, 1.54) is 24.1 Å². The van der Waals surface area contributed by atoms with E-state index < -0.39 is 11.7 Å². The maximum absolute atomic E-state index is 12.6. The molecule has 0 saturated carbocycles. The molecule has 4 rings (SSSR count). The van der Waals surface area contributed by atoms with Gasteiger partial charge in [-0.05, 0) is 36.2 Å². The van der Waals surface area contributed by atoms with E-state index in [1.807, 2.05) is 6.07 Å². The predicted octanol–water partition coefficient (Wildman–Crippen LogP) is 4.41. The first-order valence-corrected chi connectivity index (χ1v) is 9.07. The summed E-state index contributed by atoms with van der Waals surface area (Å²) in [7, 11) is 0. The van der Waals surface area contributed by atoms with E-state index in [0.29, 0.717) is 5.41 Å². The van der Waals surface area contributed by atoms with Crippen LogP contribution in [0.1, 0.15) is 23.1 Å². The van der Waals surface area contributed by atoms with Crippen LogP contribution in [0.2, 0.25) is 0 Å². The zero-order chi connectivity index (χ0) is 18.2. The van der Waals surface area contributed by atoms with Gasteiger partial charge < -0.3 is 0 Å². The van der Waals surface area contributed by atoms with Crippen molar-refractivity contribution in [1.82, 2.24) is 9.80 Å². The summed E-state index contributed by atoms with van der Waals surface area (Å²) >= 11 is 0. The van der Waals surface area contributed by atoms with Gasteiger partial charge in [-0.15, -0.1) is 0 Å². The lowest BCUT2D eigenvalue weighted by Crippen LogP contribution is -2.56. The molecule has 0 N–H and O–H groups in total. The van der Waals surface area contributed by atoms with Crippen LogP contribution in [0, 0.1) is 5.41 Å². The highest BCUT2D eigenvalue weighted by Gasteiger charge is 2.47. The minimum atomic E-state index is -4.26. The maximum atomic E-state index is 12.6. The Kier molecular flexibility index (Phi) is 4.53. The van der Waals surface area contributed by atoms with Crippen LogP contribution in [0.3, 0.4) is 0 Å². The van der Waals surface area contributed by atoms with Gasteiger partial charge in [0.25, 0.3) is 0 Å². The van der Waals surface area contributed by atoms with Gasteiger partial charge in [0, 0.05) is 38.1 Å². The summed E-state index contributed by atoms with van der Waals surface area (Å²) in [5.74, 6) is 0. The first-order chi connectivity index (χ1) is 12.4. The first kappa shape index (κ1) is 17.6. The molecular weight excluding hydrogens is 337 g/mol. The number of likely N-dealkylation sites (tertiary alicyclic amines) is 2. The number of hydrogen-bond donors (Lipinski definition) is 0. The lowest BCUT2D eigenvalue weighted by Gasteiger charge is -2.48. The summed E-state index contributed by atoms with van der Waals surface area (Å²) in [5.41, 5.74) is 2.10. The number of benzene rings is 2. The molecule has 138 valence electrons. The summed E-state index contributed by atoms with van der Waals surface area (Å²) in [6.07, 6.45) is -3.05. The van der Waals surface area contributed by atoms with Gasteiger partial charge in [0.15, 0.2) is 0 Å². The average Bonchev–Trinajstić information content (AvgIpc) is 2.99. The standard InChI is InChI=1S/C21H23F3N2/c22-21(23,24)19-8-6-18(7-9-19)13-26-15-20(16-26)10-11-25(14-20)12-17-4-2-1-3-5-17/h1-9H,10-16H2. The van der Waals surface area contributed by atoms with E-state index >= 15 is 0 Å². The molecule has 5 heteroatoms. The Morgan fingerprint density at radius 1 is 0.769 bits per heavy atom. The predicted molar refractivity (Wildman–Crippen MR) is 95.5 cm³/mol. The molecule has 2 fully saturated rings. The molecule has 26 heavy (non-hydrogen) atoms. The lowest BCUT2D eigenvalue weighted by atomic mass is 9.79. The van der Waals surface area contributed by atoms with Crippen molar-refractivity contribution in [2.75, 3.05) is 26.2 Å². The molecule has 2 aliphatic heterocycles. The number of halogens is 3. The smallest absolute Gasteiger partial charge is 0.298 e. The van der Waals surface area contributed by atoms with E-state index in [4.69, 9.17) is 0 Å². The molecular formula is C21H23F3N2. The highest BCUT2D eigenvalue weighted by atomic mass is 19.4. The van der Waals surface area contributed by atoms with Gasteiger partial charge in [-0.1, -0.05) is 42.5 Å². The zero-order valence-electron chi connectivity index (χ0n) is 14.7. The molecule has 2 aliphatic rings. The highest BCUT2D eigenvalue weighted by molar-refractivity contribution is 5.25. The normalized spacial score (nSPS) is 20.4. The number of hydrogen-bond acceptors (Lipinski definition) is 2. The molecule has 0 amide bonds. The Bertz CT molecular complexity index is 734. The van der Waals surface area contributed by atoms with Crippen molar-refractivity contribution in [2.24, 2.45) is 5.41 Å². The van der Waals surface area contributed by atoms with Crippen molar-refractivity contribution in [1.29, 1.82) is 0 Å². The fourth-order valence-corrected chi connectivity index (χ4v) is 4.33. The van der Waals surface area contributed by atoms with Gasteiger partial charge in [0.1, 0.15) is 0 Å². The van der Waals surface area contributed by atoms with Crippen LogP contribution >= 0.6 is 0 Å². The Morgan fingerprint density at radius 2 is 1.35 bits per heavy atom. The molecule has 1 spiro atoms. The third-order valence-electron chi connectivity index (χ3n) is 5.57. The van der Waals surface area contributed by atoms with E-state index in [1.54, 1.807) is 12.1 Å². The minimum absolute atomic E-state index is 0.376. The molecule has 0 unspecified atom stereocenters. The Morgan fingerprint density at radius 3 is 2.00 bits per heavy atom. The average molecular weight is 360 g/mol. The SMILES string of the molecule is FC(F)(F)c1ccc(CN2CC3(CCN(Cc4ccccc4)C3)C2)cc1. The van der Waals surface area contributed by atoms with E-state index in [-0.39, 0.29) is 0 Å². The minimum Gasteiger partial charge on any atom is -0.298 e. The molecule has 0 aliphatic carbocycles. The summed E-state index contributed by atoms with van der Waals surface area (Å²) in [4.78, 5) is 4.86. The summed E-state index contributed by atoms with van der Waals surface area (Å²) < 4.78 is 37.9. The Hall–Kier alpha value is -1.85. The second-order valence-corrected chi connectivity index (χ2v) is 7.79. The number of alkyl halides is 3. The molecule has 2 aromatic rings. The van der Waals surface area contributed by atoms with Crippen LogP contribution in [-0.4, -0.2) is 36.0 Å². The Labute approximate surface area is 152 Å². The van der Waals surface area contributed by atoms with Crippen LogP contribution in [0.4, 0.5) is 13.2 Å². The van der Waals surface area contributed by atoms with Gasteiger partial charge >= 0.3 is 6.18 Å². The first-order valence-electron chi connectivity index (χ1n) is 9.07. The fourth-order valence-electron chi connectivity index (χ4n) is 4.33. The van der Waals surface area contributed by atoms with Crippen LogP contribution in [0.15, 0.2) is 54.6 Å². The lowest BCUT2D eigenvalue weighted by molar-refractivity contribution is -0.137. The van der Waals surface area contributed by atoms with Crippen LogP contribution in [-0.2, 0) is 19.3 Å². The quantitative estimate of drug-likeness (QED) is 0.797. The third-order valence-corrected chi connectivity index (χ3v) is 5.57. The van der Waals surface area contributed by atoms with Gasteiger partial charge in [0.05, 0.1) is 5.56 Å². The number of nitrogens with zero attached hydrogens (tertiary/aromatic N) is 2. The monoisotopic (exact) mass is 360 g/mol. The van der Waals surface area contributed by atoms with E-state index in [2.05, 4.69) is 34.1 Å². The topological polar surface area (TPSA) is 6.48 Å². The van der Waals surface area contributed by atoms with Crippen molar-refractivity contribution in [3.8, 4) is 0 Å². The summed E-state index contributed by atoms with van der Waals surface area (Å²) in [6.45, 7) is 6.06. The molecule has 0 radical (unpaired) electrons. The molecule has 2 aromatic carbocycles. The molecule has 0 bridgehead atoms. The fraction of sp³-hybridized carbons (Fsp3) is 0.429. The van der Waals surface area contributed by atoms with Gasteiger partial charge in [-0.2, -0.15) is 13.2 Å².